The van der Waals surface area contributed by atoms with Crippen LogP contribution in [0.2, 0.25) is 0 Å². The number of nitro groups is 1. The monoisotopic (exact) mass is 265 g/mol. The highest BCUT2D eigenvalue weighted by Crippen LogP contribution is 3.03. The number of phenols is 1. The molecule has 0 spiro atoms. The zero-order valence-electron chi connectivity index (χ0n) is 7.24. The van der Waals surface area contributed by atoms with Gasteiger partial charge in [0.2, 0.25) is 0 Å². The van der Waals surface area contributed by atoms with E-state index in [1.54, 1.807) is 0 Å². The second kappa shape index (κ2) is 2.56. The smallest absolute Gasteiger partial charge is 0.314 e. The maximum atomic E-state index is 12.3. The van der Waals surface area contributed by atoms with Crippen molar-refractivity contribution in [3.63, 3.8) is 0 Å². The molecular formula is C6H4F5NO3S. The number of phenolic OH excluding ortho intramolecular Hbond substituents is 1. The minimum Gasteiger partial charge on any atom is -0.506 e. The molecule has 0 aliphatic carbocycles. The van der Waals surface area contributed by atoms with Gasteiger partial charge in [0, 0.05) is 12.1 Å². The largest absolute Gasteiger partial charge is 0.506 e. The molecular weight excluding hydrogens is 261 g/mol. The average molecular weight is 265 g/mol. The molecule has 0 aliphatic heterocycles. The van der Waals surface area contributed by atoms with E-state index in [0.717, 1.165) is 0 Å². The summed E-state index contributed by atoms with van der Waals surface area (Å²) in [6.07, 6.45) is 0. The Bertz CT molecular complexity index is 470. The molecule has 16 heavy (non-hydrogen) atoms. The van der Waals surface area contributed by atoms with Crippen molar-refractivity contribution in [3.8, 4) is 5.75 Å². The third-order valence-corrected chi connectivity index (χ3v) is 2.73. The highest BCUT2D eigenvalue weighted by Gasteiger charge is 2.67. The van der Waals surface area contributed by atoms with E-state index in [1.807, 2.05) is 0 Å². The number of nitrogens with zero attached hydrogens (tertiary/aromatic N) is 1. The van der Waals surface area contributed by atoms with Gasteiger partial charge in [0.15, 0.2) is 4.90 Å². The van der Waals surface area contributed by atoms with Crippen molar-refractivity contribution in [1.82, 2.24) is 0 Å². The molecule has 0 atom stereocenters. The number of non-ortho nitro benzene ring substituents is 1. The topological polar surface area (TPSA) is 63.4 Å². The van der Waals surface area contributed by atoms with Crippen LogP contribution in [0.4, 0.5) is 25.1 Å². The van der Waals surface area contributed by atoms with E-state index >= 15 is 0 Å². The summed E-state index contributed by atoms with van der Waals surface area (Å²) in [7, 11) is -10.1. The Morgan fingerprint density at radius 3 is 2.06 bits per heavy atom. The Morgan fingerprint density at radius 1 is 1.19 bits per heavy atom. The fraction of sp³-hybridized carbons (Fsp3) is 0. The maximum Gasteiger partial charge on any atom is 0.314 e. The Labute approximate surface area is 85.2 Å². The Hall–Kier alpha value is -1.58. The van der Waals surface area contributed by atoms with Crippen molar-refractivity contribution < 1.29 is 29.5 Å². The van der Waals surface area contributed by atoms with Gasteiger partial charge in [-0.1, -0.05) is 19.4 Å². The zero-order chi connectivity index (χ0) is 12.8. The van der Waals surface area contributed by atoms with Crippen LogP contribution in [0, 0.1) is 10.1 Å². The van der Waals surface area contributed by atoms with Crippen LogP contribution in [-0.2, 0) is 0 Å². The molecule has 0 saturated heterocycles. The van der Waals surface area contributed by atoms with Gasteiger partial charge in [0.1, 0.15) is 5.75 Å². The van der Waals surface area contributed by atoms with Gasteiger partial charge in [-0.15, -0.1) is 0 Å². The molecule has 0 heterocycles. The summed E-state index contributed by atoms with van der Waals surface area (Å²) in [6.45, 7) is 0. The summed E-state index contributed by atoms with van der Waals surface area (Å²) < 4.78 is 61.3. The van der Waals surface area contributed by atoms with Crippen LogP contribution in [0.25, 0.3) is 0 Å². The lowest BCUT2D eigenvalue weighted by molar-refractivity contribution is -0.385. The van der Waals surface area contributed by atoms with Gasteiger partial charge in [-0.3, -0.25) is 10.1 Å². The van der Waals surface area contributed by atoms with Crippen molar-refractivity contribution >= 4 is 15.9 Å². The molecule has 1 rings (SSSR count). The Morgan fingerprint density at radius 2 is 1.69 bits per heavy atom. The summed E-state index contributed by atoms with van der Waals surface area (Å²) in [5, 5.41) is 18.8. The van der Waals surface area contributed by atoms with Crippen molar-refractivity contribution in [3.05, 3.63) is 28.3 Å². The second-order valence-electron chi connectivity index (χ2n) is 2.88. The number of aromatic hydroxyl groups is 1. The molecule has 0 unspecified atom stereocenters. The lowest BCUT2D eigenvalue weighted by Crippen LogP contribution is -2.06. The first-order valence-corrected chi connectivity index (χ1v) is 5.48. The van der Waals surface area contributed by atoms with Crippen LogP contribution in [0.5, 0.6) is 5.75 Å². The van der Waals surface area contributed by atoms with E-state index in [-0.39, 0.29) is 6.07 Å². The molecule has 1 aromatic rings. The minimum absolute atomic E-state index is 0.200. The van der Waals surface area contributed by atoms with E-state index in [0.29, 0.717) is 6.07 Å². The third kappa shape index (κ3) is 2.51. The van der Waals surface area contributed by atoms with E-state index < -0.39 is 37.5 Å². The lowest BCUT2D eigenvalue weighted by Gasteiger charge is -2.40. The first-order chi connectivity index (χ1) is 6.81. The quantitative estimate of drug-likeness (QED) is 0.500. The Kier molecular flexibility index (Phi) is 2.00. The molecule has 0 bridgehead atoms. The Balaban J connectivity index is 3.59. The molecule has 4 nitrogen and oxygen atoms in total. The van der Waals surface area contributed by atoms with Gasteiger partial charge < -0.3 is 5.11 Å². The predicted molar refractivity (Wildman–Crippen MR) is 46.2 cm³/mol. The molecule has 10 heteroatoms. The van der Waals surface area contributed by atoms with Crippen LogP contribution >= 0.6 is 10.2 Å². The molecule has 0 aliphatic rings. The standard InChI is InChI=1S/C6H4F5NO3S/c7-16(8,9,10,11)6-3-4(12(14)15)1-2-5(6)13/h1-3,13H. The van der Waals surface area contributed by atoms with Crippen molar-refractivity contribution in [1.29, 1.82) is 0 Å². The highest BCUT2D eigenvalue weighted by atomic mass is 32.5. The summed E-state index contributed by atoms with van der Waals surface area (Å²) in [4.78, 5) is 6.20. The molecule has 0 amide bonds. The number of hydrogen-bond donors (Lipinski definition) is 1. The predicted octanol–water partition coefficient (Wildman–Crippen LogP) is 3.96. The van der Waals surface area contributed by atoms with Crippen molar-refractivity contribution in [2.24, 2.45) is 0 Å². The number of benzene rings is 1. The van der Waals surface area contributed by atoms with Gasteiger partial charge in [-0.2, -0.15) is 0 Å². The number of halogens is 5. The van der Waals surface area contributed by atoms with Gasteiger partial charge >= 0.3 is 10.2 Å². The first-order valence-electron chi connectivity index (χ1n) is 3.53. The average Bonchev–Trinajstić information content (AvgIpc) is 1.99. The van der Waals surface area contributed by atoms with Crippen LogP contribution in [0.3, 0.4) is 0 Å². The van der Waals surface area contributed by atoms with Crippen LogP contribution in [0.1, 0.15) is 0 Å². The molecule has 92 valence electrons. The fourth-order valence-electron chi connectivity index (χ4n) is 0.925. The van der Waals surface area contributed by atoms with Crippen LogP contribution < -0.4 is 0 Å². The molecule has 0 radical (unpaired) electrons. The third-order valence-electron chi connectivity index (χ3n) is 1.57. The molecule has 1 aromatic carbocycles. The van der Waals surface area contributed by atoms with Crippen LogP contribution in [0.15, 0.2) is 23.1 Å². The fourth-order valence-corrected chi connectivity index (χ4v) is 1.73. The summed E-state index contributed by atoms with van der Waals surface area (Å²) >= 11 is 0. The molecule has 1 N–H and O–H groups in total. The van der Waals surface area contributed by atoms with Gasteiger partial charge in [0.05, 0.1) is 4.92 Å². The van der Waals surface area contributed by atoms with Crippen molar-refractivity contribution in [2.45, 2.75) is 4.90 Å². The second-order valence-corrected chi connectivity index (χ2v) is 5.26. The van der Waals surface area contributed by atoms with E-state index in [1.165, 1.54) is 0 Å². The molecule has 0 saturated carbocycles. The van der Waals surface area contributed by atoms with Gasteiger partial charge in [-0.25, -0.2) is 0 Å². The van der Waals surface area contributed by atoms with E-state index in [2.05, 4.69) is 0 Å². The maximum absolute atomic E-state index is 12.3. The zero-order valence-corrected chi connectivity index (χ0v) is 8.06. The van der Waals surface area contributed by atoms with Crippen molar-refractivity contribution in [2.75, 3.05) is 0 Å². The number of nitro benzene ring substituents is 1. The first kappa shape index (κ1) is 12.5. The molecule has 0 fully saturated rings. The van der Waals surface area contributed by atoms with Gasteiger partial charge in [0.25, 0.3) is 5.69 Å². The summed E-state index contributed by atoms with van der Waals surface area (Å²) in [5.41, 5.74) is -1.18. The molecule has 0 aromatic heterocycles. The van der Waals surface area contributed by atoms with Crippen LogP contribution in [-0.4, -0.2) is 10.0 Å². The highest BCUT2D eigenvalue weighted by molar-refractivity contribution is 8.45. The number of hydrogen-bond acceptors (Lipinski definition) is 3. The lowest BCUT2D eigenvalue weighted by atomic mass is 10.3. The normalized spacial score (nSPS) is 16.3. The summed E-state index contributed by atoms with van der Waals surface area (Å²) in [5.74, 6) is -1.75. The van der Waals surface area contributed by atoms with E-state index in [9.17, 15) is 29.5 Å². The minimum atomic E-state index is -10.1. The summed E-state index contributed by atoms with van der Waals surface area (Å²) in [6, 6.07) is 0.296. The number of rotatable bonds is 2. The SMILES string of the molecule is O=[N+]([O-])c1ccc(O)c(S(F)(F)(F)(F)F)c1. The van der Waals surface area contributed by atoms with Gasteiger partial charge in [-0.05, 0) is 6.07 Å². The van der Waals surface area contributed by atoms with E-state index in [4.69, 9.17) is 5.11 Å².